The number of hydrogen-bond donors (Lipinski definition) is 3. The van der Waals surface area contributed by atoms with E-state index in [1.54, 1.807) is 0 Å². The molecule has 106 heavy (non-hydrogen) atoms. The lowest BCUT2D eigenvalue weighted by Crippen LogP contribution is -2.30. The molecule has 0 bridgehead atoms. The van der Waals surface area contributed by atoms with Crippen molar-refractivity contribution in [1.82, 2.24) is 0 Å². The third-order valence-electron chi connectivity index (χ3n) is 20.3. The molecule has 628 valence electrons. The maximum atomic E-state index is 13.1. The van der Waals surface area contributed by atoms with Gasteiger partial charge in [0.05, 0.1) is 26.4 Å². The van der Waals surface area contributed by atoms with Crippen LogP contribution in [0.2, 0.25) is 0 Å². The Balaban J connectivity index is 5.29. The quantitative estimate of drug-likeness (QED) is 0.0169. The molecule has 0 aromatic heterocycles. The lowest BCUT2D eigenvalue weighted by molar-refractivity contribution is -0.161. The zero-order chi connectivity index (χ0) is 77.4. The number of carbonyl (C=O) groups is 4. The Morgan fingerprint density at radius 1 is 0.255 bits per heavy atom. The summed E-state index contributed by atoms with van der Waals surface area (Å²) in [5, 5.41) is 10.7. The summed E-state index contributed by atoms with van der Waals surface area (Å²) in [6.07, 6.45) is 77.3. The summed E-state index contributed by atoms with van der Waals surface area (Å²) < 4.78 is 69.0. The van der Waals surface area contributed by atoms with Gasteiger partial charge in [0, 0.05) is 25.7 Å². The average Bonchev–Trinajstić information content (AvgIpc) is 0.877. The van der Waals surface area contributed by atoms with Crippen LogP contribution in [0.15, 0.2) is 12.2 Å². The summed E-state index contributed by atoms with van der Waals surface area (Å²) in [5.74, 6) is -2.11. The molecule has 2 unspecified atom stereocenters. The van der Waals surface area contributed by atoms with E-state index in [2.05, 4.69) is 39.8 Å². The van der Waals surface area contributed by atoms with Gasteiger partial charge in [0.25, 0.3) is 0 Å². The van der Waals surface area contributed by atoms with Crippen molar-refractivity contribution in [2.24, 2.45) is 0 Å². The van der Waals surface area contributed by atoms with Crippen molar-refractivity contribution in [3.05, 3.63) is 12.2 Å². The standard InChI is InChI=1S/C87H168O17P2/c1-5-9-13-17-21-25-29-33-37-40-44-48-52-56-60-64-68-72-85(90)98-78-83(104-87(92)74-70-66-62-58-54-50-46-42-39-35-31-27-23-19-15-11-7-3)80-102-106(95,96)100-76-81(88)75-99-105(93,94)101-79-82(77-97-84(89)71-67-63-59-55-51-47-43-36-32-28-24-20-16-12-8-4)103-86(91)73-69-65-61-57-53-49-45-41-38-34-30-26-22-18-14-10-6-2/h36,43,81-83,88H,5-35,37-42,44-80H2,1-4H3,(H,93,94)(H,95,96)/b43-36-/t81-,82+,83+/m0/s1. The molecule has 0 heterocycles. The number of allylic oxidation sites excluding steroid dienone is 2. The van der Waals surface area contributed by atoms with Crippen molar-refractivity contribution in [2.45, 2.75) is 483 Å². The summed E-state index contributed by atoms with van der Waals surface area (Å²) in [7, 11) is -9.94. The highest BCUT2D eigenvalue weighted by Crippen LogP contribution is 2.45. The second-order valence-corrected chi connectivity index (χ2v) is 33.8. The van der Waals surface area contributed by atoms with Gasteiger partial charge in [-0.25, -0.2) is 9.13 Å². The van der Waals surface area contributed by atoms with Crippen LogP contribution in [-0.4, -0.2) is 96.7 Å². The third kappa shape index (κ3) is 79.9. The summed E-state index contributed by atoms with van der Waals surface area (Å²) >= 11 is 0. The van der Waals surface area contributed by atoms with Crippen LogP contribution >= 0.6 is 15.6 Å². The molecule has 0 fully saturated rings. The van der Waals surface area contributed by atoms with Crippen LogP contribution in [0.3, 0.4) is 0 Å². The van der Waals surface area contributed by atoms with Gasteiger partial charge in [0.2, 0.25) is 0 Å². The van der Waals surface area contributed by atoms with Gasteiger partial charge in [-0.15, -0.1) is 0 Å². The van der Waals surface area contributed by atoms with Gasteiger partial charge >= 0.3 is 39.5 Å². The first-order valence-electron chi connectivity index (χ1n) is 44.9. The molecule has 0 aliphatic carbocycles. The fraction of sp³-hybridized carbons (Fsp3) is 0.931. The highest BCUT2D eigenvalue weighted by molar-refractivity contribution is 7.47. The Bertz CT molecular complexity index is 2050. The maximum absolute atomic E-state index is 13.1. The van der Waals surface area contributed by atoms with Crippen LogP contribution in [-0.2, 0) is 65.4 Å². The minimum absolute atomic E-state index is 0.106. The number of phosphoric acid groups is 2. The molecule has 0 spiro atoms. The zero-order valence-corrected chi connectivity index (χ0v) is 71.0. The molecule has 0 rings (SSSR count). The number of esters is 4. The Morgan fingerprint density at radius 2 is 0.434 bits per heavy atom. The van der Waals surface area contributed by atoms with Gasteiger partial charge in [0.1, 0.15) is 19.3 Å². The highest BCUT2D eigenvalue weighted by Gasteiger charge is 2.30. The van der Waals surface area contributed by atoms with Crippen LogP contribution in [0, 0.1) is 0 Å². The Hall–Kier alpha value is -2.20. The van der Waals surface area contributed by atoms with Gasteiger partial charge in [-0.2, -0.15) is 0 Å². The lowest BCUT2D eigenvalue weighted by atomic mass is 10.0. The number of ether oxygens (including phenoxy) is 4. The summed E-state index contributed by atoms with van der Waals surface area (Å²) in [6.45, 7) is 5.05. The molecule has 17 nitrogen and oxygen atoms in total. The minimum Gasteiger partial charge on any atom is -0.462 e. The van der Waals surface area contributed by atoms with Crippen molar-refractivity contribution < 1.29 is 80.2 Å². The number of hydrogen-bond acceptors (Lipinski definition) is 15. The van der Waals surface area contributed by atoms with E-state index >= 15 is 0 Å². The number of phosphoric ester groups is 2. The van der Waals surface area contributed by atoms with Gasteiger partial charge < -0.3 is 33.8 Å². The first-order chi connectivity index (χ1) is 51.7. The van der Waals surface area contributed by atoms with E-state index in [9.17, 15) is 43.2 Å². The molecule has 19 heteroatoms. The Kier molecular flexibility index (Phi) is 79.2. The van der Waals surface area contributed by atoms with Crippen molar-refractivity contribution in [3.8, 4) is 0 Å². The summed E-state index contributed by atoms with van der Waals surface area (Å²) in [4.78, 5) is 73.3. The number of unbranched alkanes of at least 4 members (excludes halogenated alkanes) is 59. The molecule has 3 N–H and O–H groups in total. The molecule has 0 aliphatic heterocycles. The molecule has 0 aliphatic rings. The minimum atomic E-state index is -4.97. The van der Waals surface area contributed by atoms with E-state index in [0.717, 1.165) is 109 Å². The SMILES string of the molecule is CCCCCCCC/C=C\CCCCCCCC(=O)OC[C@H](COP(=O)(O)OC[C@H](O)COP(=O)(O)OC[C@@H](COC(=O)CCCCCCCCCCCCCCCCCCC)OC(=O)CCCCCCCCCCCCCCCCCCC)OC(=O)CCCCCCCCCCCCCCCCCCC. The molecule has 0 radical (unpaired) electrons. The van der Waals surface area contributed by atoms with Crippen LogP contribution in [0.5, 0.6) is 0 Å². The number of carbonyl (C=O) groups excluding carboxylic acids is 4. The molecule has 0 aromatic carbocycles. The average molecular weight is 1550 g/mol. The second kappa shape index (κ2) is 80.8. The van der Waals surface area contributed by atoms with Crippen LogP contribution in [0.25, 0.3) is 0 Å². The fourth-order valence-electron chi connectivity index (χ4n) is 13.4. The fourth-order valence-corrected chi connectivity index (χ4v) is 15.0. The molecular weight excluding hydrogens is 1380 g/mol. The first-order valence-corrected chi connectivity index (χ1v) is 47.9. The monoisotopic (exact) mass is 1550 g/mol. The van der Waals surface area contributed by atoms with Crippen molar-refractivity contribution in [2.75, 3.05) is 39.6 Å². The number of aliphatic hydroxyl groups excluding tert-OH is 1. The predicted molar refractivity (Wildman–Crippen MR) is 437 cm³/mol. The zero-order valence-electron chi connectivity index (χ0n) is 69.2. The van der Waals surface area contributed by atoms with Crippen LogP contribution in [0.1, 0.15) is 464 Å². The Morgan fingerprint density at radius 3 is 0.651 bits per heavy atom. The predicted octanol–water partition coefficient (Wildman–Crippen LogP) is 26.7. The van der Waals surface area contributed by atoms with E-state index in [1.807, 2.05) is 0 Å². The van der Waals surface area contributed by atoms with E-state index in [1.165, 1.54) is 276 Å². The topological polar surface area (TPSA) is 237 Å². The van der Waals surface area contributed by atoms with Crippen molar-refractivity contribution >= 4 is 39.5 Å². The molecule has 5 atom stereocenters. The molecular formula is C87H168O17P2. The van der Waals surface area contributed by atoms with Crippen molar-refractivity contribution in [1.29, 1.82) is 0 Å². The highest BCUT2D eigenvalue weighted by atomic mass is 31.2. The van der Waals surface area contributed by atoms with Crippen LogP contribution < -0.4 is 0 Å². The largest absolute Gasteiger partial charge is 0.472 e. The van der Waals surface area contributed by atoms with Gasteiger partial charge in [-0.05, 0) is 51.4 Å². The molecule has 0 saturated carbocycles. The molecule has 0 saturated heterocycles. The lowest BCUT2D eigenvalue weighted by Gasteiger charge is -2.21. The first kappa shape index (κ1) is 104. The molecule has 0 amide bonds. The van der Waals surface area contributed by atoms with E-state index in [-0.39, 0.29) is 25.7 Å². The number of aliphatic hydroxyl groups is 1. The van der Waals surface area contributed by atoms with E-state index < -0.39 is 97.5 Å². The number of rotatable bonds is 87. The summed E-state index contributed by atoms with van der Waals surface area (Å²) in [5.41, 5.74) is 0. The normalized spacial score (nSPS) is 13.8. The molecule has 0 aromatic rings. The van der Waals surface area contributed by atoms with Gasteiger partial charge in [0.15, 0.2) is 12.2 Å². The third-order valence-corrected chi connectivity index (χ3v) is 22.2. The summed E-state index contributed by atoms with van der Waals surface area (Å²) in [6, 6.07) is 0. The van der Waals surface area contributed by atoms with Crippen LogP contribution in [0.4, 0.5) is 0 Å². The second-order valence-electron chi connectivity index (χ2n) is 30.9. The van der Waals surface area contributed by atoms with E-state index in [0.29, 0.717) is 25.7 Å². The smallest absolute Gasteiger partial charge is 0.462 e. The maximum Gasteiger partial charge on any atom is 0.472 e. The van der Waals surface area contributed by atoms with Gasteiger partial charge in [-0.3, -0.25) is 37.3 Å². The van der Waals surface area contributed by atoms with Crippen molar-refractivity contribution in [3.63, 3.8) is 0 Å². The Labute approximate surface area is 650 Å². The van der Waals surface area contributed by atoms with Gasteiger partial charge in [-0.1, -0.05) is 399 Å². The van der Waals surface area contributed by atoms with E-state index in [4.69, 9.17) is 37.0 Å².